The molecule has 0 aliphatic rings. The summed E-state index contributed by atoms with van der Waals surface area (Å²) in [5.41, 5.74) is 2.09. The molecule has 2 aromatic carbocycles. The fourth-order valence-electron chi connectivity index (χ4n) is 1.87. The first-order valence-corrected chi connectivity index (χ1v) is 7.39. The highest BCUT2D eigenvalue weighted by atomic mass is 35.5. The van der Waals surface area contributed by atoms with Crippen LogP contribution in [0, 0.1) is 0 Å². The molecule has 4 nitrogen and oxygen atoms in total. The molecule has 2 aromatic rings. The predicted molar refractivity (Wildman–Crippen MR) is 88.0 cm³/mol. The lowest BCUT2D eigenvalue weighted by molar-refractivity contribution is -0.115. The largest absolute Gasteiger partial charge is 0.348 e. The van der Waals surface area contributed by atoms with Gasteiger partial charge in [-0.3, -0.25) is 9.59 Å². The Kier molecular flexibility index (Phi) is 5.55. The van der Waals surface area contributed by atoms with Crippen molar-refractivity contribution >= 4 is 29.1 Å². The second-order valence-corrected chi connectivity index (χ2v) is 5.23. The molecule has 0 aliphatic heterocycles. The maximum atomic E-state index is 12.1. The molecule has 0 aliphatic carbocycles. The SMILES string of the molecule is CCC(=O)Nc1cccc(C(=O)NCc2ccc(Cl)cc2)c1. The van der Waals surface area contributed by atoms with Gasteiger partial charge in [-0.1, -0.05) is 36.7 Å². The van der Waals surface area contributed by atoms with E-state index < -0.39 is 0 Å². The summed E-state index contributed by atoms with van der Waals surface area (Å²) in [5.74, 6) is -0.277. The number of anilines is 1. The van der Waals surface area contributed by atoms with Gasteiger partial charge in [0.15, 0.2) is 0 Å². The zero-order valence-electron chi connectivity index (χ0n) is 12.2. The van der Waals surface area contributed by atoms with Gasteiger partial charge in [0.25, 0.3) is 5.91 Å². The minimum absolute atomic E-state index is 0.0845. The van der Waals surface area contributed by atoms with Gasteiger partial charge in [0.1, 0.15) is 0 Å². The lowest BCUT2D eigenvalue weighted by Crippen LogP contribution is -2.23. The number of hydrogen-bond donors (Lipinski definition) is 2. The van der Waals surface area contributed by atoms with E-state index in [1.807, 2.05) is 12.1 Å². The van der Waals surface area contributed by atoms with Crippen molar-refractivity contribution in [3.63, 3.8) is 0 Å². The smallest absolute Gasteiger partial charge is 0.251 e. The molecule has 2 N–H and O–H groups in total. The Morgan fingerprint density at radius 3 is 2.50 bits per heavy atom. The van der Waals surface area contributed by atoms with E-state index >= 15 is 0 Å². The first kappa shape index (κ1) is 16.0. The van der Waals surface area contributed by atoms with Crippen molar-refractivity contribution in [3.05, 3.63) is 64.7 Å². The number of nitrogens with one attached hydrogen (secondary N) is 2. The molecular weight excluding hydrogens is 300 g/mol. The average molecular weight is 317 g/mol. The number of rotatable bonds is 5. The molecule has 0 heterocycles. The zero-order valence-corrected chi connectivity index (χ0v) is 13.0. The van der Waals surface area contributed by atoms with E-state index in [9.17, 15) is 9.59 Å². The van der Waals surface area contributed by atoms with Crippen LogP contribution >= 0.6 is 11.6 Å². The van der Waals surface area contributed by atoms with Crippen LogP contribution in [0.2, 0.25) is 5.02 Å². The molecule has 0 unspecified atom stereocenters. The van der Waals surface area contributed by atoms with E-state index in [4.69, 9.17) is 11.6 Å². The summed E-state index contributed by atoms with van der Waals surface area (Å²) >= 11 is 5.82. The minimum atomic E-state index is -0.192. The van der Waals surface area contributed by atoms with E-state index in [0.29, 0.717) is 29.2 Å². The number of benzene rings is 2. The van der Waals surface area contributed by atoms with Crippen molar-refractivity contribution in [1.29, 1.82) is 0 Å². The van der Waals surface area contributed by atoms with Crippen LogP contribution in [0.25, 0.3) is 0 Å². The molecule has 2 rings (SSSR count). The quantitative estimate of drug-likeness (QED) is 0.885. The minimum Gasteiger partial charge on any atom is -0.348 e. The lowest BCUT2D eigenvalue weighted by atomic mass is 10.1. The van der Waals surface area contributed by atoms with E-state index in [-0.39, 0.29) is 11.8 Å². The van der Waals surface area contributed by atoms with Gasteiger partial charge in [-0.05, 0) is 35.9 Å². The molecule has 2 amide bonds. The Morgan fingerprint density at radius 1 is 1.09 bits per heavy atom. The molecule has 0 radical (unpaired) electrons. The van der Waals surface area contributed by atoms with Gasteiger partial charge in [0, 0.05) is 29.2 Å². The third kappa shape index (κ3) is 4.60. The summed E-state index contributed by atoms with van der Waals surface area (Å²) in [5, 5.41) is 6.23. The van der Waals surface area contributed by atoms with Crippen LogP contribution in [0.5, 0.6) is 0 Å². The average Bonchev–Trinajstić information content (AvgIpc) is 2.54. The van der Waals surface area contributed by atoms with E-state index in [1.165, 1.54) is 0 Å². The molecule has 0 aromatic heterocycles. The highest BCUT2D eigenvalue weighted by Crippen LogP contribution is 2.12. The van der Waals surface area contributed by atoms with Crippen LogP contribution in [0.4, 0.5) is 5.69 Å². The van der Waals surface area contributed by atoms with Crippen molar-refractivity contribution < 1.29 is 9.59 Å². The zero-order chi connectivity index (χ0) is 15.9. The van der Waals surface area contributed by atoms with Crippen LogP contribution < -0.4 is 10.6 Å². The fourth-order valence-corrected chi connectivity index (χ4v) is 2.00. The van der Waals surface area contributed by atoms with E-state index in [1.54, 1.807) is 43.3 Å². The van der Waals surface area contributed by atoms with Crippen LogP contribution in [-0.2, 0) is 11.3 Å². The van der Waals surface area contributed by atoms with Crippen molar-refractivity contribution in [2.24, 2.45) is 0 Å². The van der Waals surface area contributed by atoms with E-state index in [2.05, 4.69) is 10.6 Å². The highest BCUT2D eigenvalue weighted by molar-refractivity contribution is 6.30. The summed E-state index contributed by atoms with van der Waals surface area (Å²) in [6, 6.07) is 14.1. The molecule has 0 fully saturated rings. The Morgan fingerprint density at radius 2 is 1.82 bits per heavy atom. The standard InChI is InChI=1S/C17H17ClN2O2/c1-2-16(21)20-15-5-3-4-13(10-15)17(22)19-11-12-6-8-14(18)9-7-12/h3-10H,2,11H2,1H3,(H,19,22)(H,20,21). The molecular formula is C17H17ClN2O2. The second-order valence-electron chi connectivity index (χ2n) is 4.79. The first-order chi connectivity index (χ1) is 10.6. The van der Waals surface area contributed by atoms with Crippen LogP contribution in [0.1, 0.15) is 29.3 Å². The Bertz CT molecular complexity index is 669. The molecule has 0 saturated carbocycles. The Balaban J connectivity index is 1.98. The summed E-state index contributed by atoms with van der Waals surface area (Å²) < 4.78 is 0. The fraction of sp³-hybridized carbons (Fsp3) is 0.176. The van der Waals surface area contributed by atoms with Crippen LogP contribution in [-0.4, -0.2) is 11.8 Å². The monoisotopic (exact) mass is 316 g/mol. The van der Waals surface area contributed by atoms with Crippen molar-refractivity contribution in [2.75, 3.05) is 5.32 Å². The number of carbonyl (C=O) groups excluding carboxylic acids is 2. The Hall–Kier alpha value is -2.33. The van der Waals surface area contributed by atoms with Gasteiger partial charge in [-0.25, -0.2) is 0 Å². The second kappa shape index (κ2) is 7.61. The molecule has 0 bridgehead atoms. The summed E-state index contributed by atoms with van der Waals surface area (Å²) in [6.45, 7) is 2.19. The van der Waals surface area contributed by atoms with Crippen molar-refractivity contribution in [3.8, 4) is 0 Å². The maximum Gasteiger partial charge on any atom is 0.251 e. The number of amides is 2. The van der Waals surface area contributed by atoms with Crippen LogP contribution in [0.3, 0.4) is 0 Å². The number of hydrogen-bond acceptors (Lipinski definition) is 2. The Labute approximate surface area is 134 Å². The van der Waals surface area contributed by atoms with Gasteiger partial charge >= 0.3 is 0 Å². The molecule has 114 valence electrons. The van der Waals surface area contributed by atoms with E-state index in [0.717, 1.165) is 5.56 Å². The van der Waals surface area contributed by atoms with Crippen molar-refractivity contribution in [2.45, 2.75) is 19.9 Å². The molecule has 0 atom stereocenters. The lowest BCUT2D eigenvalue weighted by Gasteiger charge is -2.08. The molecule has 5 heteroatoms. The summed E-state index contributed by atoms with van der Waals surface area (Å²) in [6.07, 6.45) is 0.396. The predicted octanol–water partition coefficient (Wildman–Crippen LogP) is 3.62. The number of carbonyl (C=O) groups is 2. The van der Waals surface area contributed by atoms with Gasteiger partial charge in [0.05, 0.1) is 0 Å². The highest BCUT2D eigenvalue weighted by Gasteiger charge is 2.07. The van der Waals surface area contributed by atoms with Gasteiger partial charge in [-0.2, -0.15) is 0 Å². The summed E-state index contributed by atoms with van der Waals surface area (Å²) in [7, 11) is 0. The first-order valence-electron chi connectivity index (χ1n) is 7.01. The topological polar surface area (TPSA) is 58.2 Å². The molecule has 0 spiro atoms. The number of halogens is 1. The summed E-state index contributed by atoms with van der Waals surface area (Å²) in [4.78, 5) is 23.5. The third-order valence-electron chi connectivity index (χ3n) is 3.10. The van der Waals surface area contributed by atoms with Gasteiger partial charge in [0.2, 0.25) is 5.91 Å². The molecule has 0 saturated heterocycles. The van der Waals surface area contributed by atoms with Crippen molar-refractivity contribution in [1.82, 2.24) is 5.32 Å². The van der Waals surface area contributed by atoms with Gasteiger partial charge in [-0.15, -0.1) is 0 Å². The third-order valence-corrected chi connectivity index (χ3v) is 3.35. The van der Waals surface area contributed by atoms with Gasteiger partial charge < -0.3 is 10.6 Å². The maximum absolute atomic E-state index is 12.1. The van der Waals surface area contributed by atoms with Crippen LogP contribution in [0.15, 0.2) is 48.5 Å². The normalized spacial score (nSPS) is 10.1. The molecule has 22 heavy (non-hydrogen) atoms.